The lowest BCUT2D eigenvalue weighted by molar-refractivity contribution is -0.117. The summed E-state index contributed by atoms with van der Waals surface area (Å²) in [4.78, 5) is 28.0. The van der Waals surface area contributed by atoms with Gasteiger partial charge in [-0.05, 0) is 62.1 Å². The fourth-order valence-corrected chi connectivity index (χ4v) is 5.28. The number of carbonyl (C=O) groups is 2. The predicted molar refractivity (Wildman–Crippen MR) is 130 cm³/mol. The minimum absolute atomic E-state index is 0.109. The zero-order valence-electron chi connectivity index (χ0n) is 19.6. The van der Waals surface area contributed by atoms with E-state index in [-0.39, 0.29) is 30.4 Å². The molecule has 7 heteroatoms. The summed E-state index contributed by atoms with van der Waals surface area (Å²) in [5.74, 6) is 1.35. The molecule has 180 valence electrons. The largest absolute Gasteiger partial charge is 0.490 e. The molecule has 2 N–H and O–H groups in total. The third kappa shape index (κ3) is 5.20. The highest BCUT2D eigenvalue weighted by atomic mass is 16.5. The summed E-state index contributed by atoms with van der Waals surface area (Å²) in [6.45, 7) is 2.46. The fourth-order valence-electron chi connectivity index (χ4n) is 5.28. The Balaban J connectivity index is 1.24. The first-order chi connectivity index (χ1) is 16.7. The number of ether oxygens (including phenoxy) is 2. The molecule has 2 aliphatic heterocycles. The van der Waals surface area contributed by atoms with Crippen LogP contribution >= 0.6 is 0 Å². The average molecular weight is 464 g/mol. The number of amides is 2. The molecule has 1 saturated heterocycles. The maximum Gasteiger partial charge on any atom is 0.253 e. The number of para-hydroxylation sites is 1. The molecule has 7 nitrogen and oxygen atoms in total. The number of nitrogens with zero attached hydrogens (tertiary/aromatic N) is 1. The first-order valence-corrected chi connectivity index (χ1v) is 12.5. The van der Waals surface area contributed by atoms with Crippen molar-refractivity contribution in [3.63, 3.8) is 0 Å². The maximum absolute atomic E-state index is 13.0. The van der Waals surface area contributed by atoms with Crippen molar-refractivity contribution in [1.82, 2.24) is 10.2 Å². The number of benzene rings is 2. The van der Waals surface area contributed by atoms with E-state index in [1.54, 1.807) is 12.1 Å². The van der Waals surface area contributed by atoms with Crippen molar-refractivity contribution in [3.8, 4) is 11.5 Å². The average Bonchev–Trinajstić information content (AvgIpc) is 3.46. The van der Waals surface area contributed by atoms with Gasteiger partial charge in [0.1, 0.15) is 0 Å². The predicted octanol–water partition coefficient (Wildman–Crippen LogP) is 4.30. The summed E-state index contributed by atoms with van der Waals surface area (Å²) < 4.78 is 11.6. The lowest BCUT2D eigenvalue weighted by atomic mass is 10.0. The third-order valence-electron chi connectivity index (χ3n) is 7.00. The molecule has 5 rings (SSSR count). The summed E-state index contributed by atoms with van der Waals surface area (Å²) in [6, 6.07) is 13.8. The lowest BCUT2D eigenvalue weighted by Gasteiger charge is -2.25. The van der Waals surface area contributed by atoms with Crippen molar-refractivity contribution in [2.24, 2.45) is 0 Å². The van der Waals surface area contributed by atoms with Crippen LogP contribution in [0.2, 0.25) is 0 Å². The van der Waals surface area contributed by atoms with E-state index >= 15 is 0 Å². The number of rotatable bonds is 6. The van der Waals surface area contributed by atoms with Gasteiger partial charge in [-0.1, -0.05) is 31.0 Å². The molecule has 34 heavy (non-hydrogen) atoms. The molecule has 2 amide bonds. The number of carbonyl (C=O) groups excluding carboxylic acids is 2. The lowest BCUT2D eigenvalue weighted by Crippen LogP contribution is -2.35. The molecule has 1 saturated carbocycles. The topological polar surface area (TPSA) is 79.9 Å². The molecule has 1 aliphatic carbocycles. The molecule has 0 aromatic heterocycles. The molecule has 0 spiro atoms. The van der Waals surface area contributed by atoms with Gasteiger partial charge in [0.2, 0.25) is 5.91 Å². The second-order valence-corrected chi connectivity index (χ2v) is 9.43. The summed E-state index contributed by atoms with van der Waals surface area (Å²) in [7, 11) is 0. The van der Waals surface area contributed by atoms with Crippen LogP contribution in [-0.4, -0.2) is 49.1 Å². The van der Waals surface area contributed by atoms with Crippen molar-refractivity contribution in [1.29, 1.82) is 0 Å². The van der Waals surface area contributed by atoms with Gasteiger partial charge in [-0.25, -0.2) is 0 Å². The molecule has 0 radical (unpaired) electrons. The Kier molecular flexibility index (Phi) is 7.00. The molecule has 2 heterocycles. The third-order valence-corrected chi connectivity index (χ3v) is 7.00. The summed E-state index contributed by atoms with van der Waals surface area (Å²) >= 11 is 0. The van der Waals surface area contributed by atoms with Crippen molar-refractivity contribution in [2.45, 2.75) is 57.0 Å². The maximum atomic E-state index is 13.0. The van der Waals surface area contributed by atoms with Gasteiger partial charge in [-0.2, -0.15) is 0 Å². The number of likely N-dealkylation sites (tertiary alicyclic amines) is 1. The van der Waals surface area contributed by atoms with Crippen LogP contribution < -0.4 is 20.1 Å². The van der Waals surface area contributed by atoms with Crippen LogP contribution in [0.15, 0.2) is 42.5 Å². The van der Waals surface area contributed by atoms with Gasteiger partial charge in [0, 0.05) is 18.5 Å². The molecule has 2 aromatic carbocycles. The molecule has 0 bridgehead atoms. The van der Waals surface area contributed by atoms with Gasteiger partial charge >= 0.3 is 0 Å². The van der Waals surface area contributed by atoms with Crippen molar-refractivity contribution in [2.75, 3.05) is 31.6 Å². The number of fused-ring (bicyclic) bond motifs is 1. The van der Waals surface area contributed by atoms with E-state index in [2.05, 4.69) is 27.7 Å². The smallest absolute Gasteiger partial charge is 0.253 e. The zero-order chi connectivity index (χ0) is 23.3. The minimum Gasteiger partial charge on any atom is -0.490 e. The van der Waals surface area contributed by atoms with Crippen molar-refractivity contribution < 1.29 is 19.1 Å². The second kappa shape index (κ2) is 10.5. The van der Waals surface area contributed by atoms with E-state index in [1.165, 1.54) is 0 Å². The molecule has 3 aliphatic rings. The highest BCUT2D eigenvalue weighted by Crippen LogP contribution is 2.37. The Hall–Kier alpha value is -3.06. The quantitative estimate of drug-likeness (QED) is 0.668. The normalized spacial score (nSPS) is 20.6. The molecular formula is C27H33N3O4. The van der Waals surface area contributed by atoms with E-state index in [9.17, 15) is 9.59 Å². The van der Waals surface area contributed by atoms with E-state index in [0.29, 0.717) is 24.5 Å². The Morgan fingerprint density at radius 2 is 1.71 bits per heavy atom. The van der Waals surface area contributed by atoms with E-state index in [4.69, 9.17) is 9.47 Å². The SMILES string of the molecule is O=C(CN1CCCC1c1ccc2c(c1)OCCCO2)Nc1ccccc1C(=O)NC1CCCC1. The van der Waals surface area contributed by atoms with Crippen molar-refractivity contribution >= 4 is 17.5 Å². The van der Waals surface area contributed by atoms with Crippen LogP contribution in [0.25, 0.3) is 0 Å². The number of anilines is 1. The number of hydrogen-bond donors (Lipinski definition) is 2. The van der Waals surface area contributed by atoms with Crippen molar-refractivity contribution in [3.05, 3.63) is 53.6 Å². The Labute approximate surface area is 200 Å². The van der Waals surface area contributed by atoms with E-state index in [0.717, 1.165) is 68.6 Å². The van der Waals surface area contributed by atoms with Gasteiger partial charge < -0.3 is 20.1 Å². The standard InChI is InChI=1S/C27H33N3O4/c31-26(29-22-10-4-3-9-21(22)27(32)28-20-7-1-2-8-20)18-30-14-5-11-23(30)19-12-13-24-25(17-19)34-16-6-15-33-24/h3-4,9-10,12-13,17,20,23H,1-2,5-8,11,14-16,18H2,(H,28,32)(H,29,31). The highest BCUT2D eigenvalue weighted by Gasteiger charge is 2.29. The first kappa shape index (κ1) is 22.7. The Morgan fingerprint density at radius 1 is 0.912 bits per heavy atom. The van der Waals surface area contributed by atoms with E-state index in [1.807, 2.05) is 18.2 Å². The van der Waals surface area contributed by atoms with Gasteiger partial charge in [-0.3, -0.25) is 14.5 Å². The zero-order valence-corrected chi connectivity index (χ0v) is 19.6. The molecule has 1 atom stereocenters. The van der Waals surface area contributed by atoms with Crippen LogP contribution in [0.5, 0.6) is 11.5 Å². The van der Waals surface area contributed by atoms with Crippen LogP contribution in [0.1, 0.15) is 66.9 Å². The number of hydrogen-bond acceptors (Lipinski definition) is 5. The fraction of sp³-hybridized carbons (Fsp3) is 0.481. The van der Waals surface area contributed by atoms with Crippen LogP contribution in [0.4, 0.5) is 5.69 Å². The van der Waals surface area contributed by atoms with Gasteiger partial charge in [0.25, 0.3) is 5.91 Å². The molecule has 2 fully saturated rings. The van der Waals surface area contributed by atoms with Crippen LogP contribution in [0.3, 0.4) is 0 Å². The minimum atomic E-state index is -0.117. The van der Waals surface area contributed by atoms with Crippen LogP contribution in [0, 0.1) is 0 Å². The first-order valence-electron chi connectivity index (χ1n) is 12.5. The van der Waals surface area contributed by atoms with Crippen LogP contribution in [-0.2, 0) is 4.79 Å². The Bertz CT molecular complexity index is 1030. The Morgan fingerprint density at radius 3 is 2.56 bits per heavy atom. The summed E-state index contributed by atoms with van der Waals surface area (Å²) in [6.07, 6.45) is 7.26. The monoisotopic (exact) mass is 463 g/mol. The number of nitrogens with one attached hydrogen (secondary N) is 2. The molecular weight excluding hydrogens is 430 g/mol. The van der Waals surface area contributed by atoms with Gasteiger partial charge in [0.05, 0.1) is 31.0 Å². The summed E-state index contributed by atoms with van der Waals surface area (Å²) in [5, 5.41) is 6.10. The molecule has 1 unspecified atom stereocenters. The van der Waals surface area contributed by atoms with E-state index < -0.39 is 0 Å². The second-order valence-electron chi connectivity index (χ2n) is 9.43. The van der Waals surface area contributed by atoms with Gasteiger partial charge in [-0.15, -0.1) is 0 Å². The summed E-state index contributed by atoms with van der Waals surface area (Å²) in [5.41, 5.74) is 2.23. The molecule has 2 aromatic rings. The van der Waals surface area contributed by atoms with Gasteiger partial charge in [0.15, 0.2) is 11.5 Å². The highest BCUT2D eigenvalue weighted by molar-refractivity contribution is 6.04.